The number of nitriles is 1. The number of carbonyl (C=O) groups is 3. The highest BCUT2D eigenvalue weighted by atomic mass is 16.6. The monoisotopic (exact) mass is 551 g/mol. The lowest BCUT2D eigenvalue weighted by Crippen LogP contribution is -2.45. The van der Waals surface area contributed by atoms with E-state index in [4.69, 9.17) is 14.2 Å². The molecule has 0 radical (unpaired) electrons. The minimum Gasteiger partial charge on any atom is -0.462 e. The number of hydrogen-bond donors (Lipinski definition) is 1. The Morgan fingerprint density at radius 3 is 1.97 bits per heavy atom. The number of nitrogens with zero attached hydrogens (tertiary/aromatic N) is 1. The Balaban J connectivity index is -0.00000153. The van der Waals surface area contributed by atoms with Crippen molar-refractivity contribution >= 4 is 17.9 Å². The molecular formula is C31H53NO7. The third kappa shape index (κ3) is 12.9. The van der Waals surface area contributed by atoms with E-state index in [1.165, 1.54) is 13.8 Å². The van der Waals surface area contributed by atoms with Crippen molar-refractivity contribution in [2.24, 2.45) is 10.8 Å². The number of esters is 3. The van der Waals surface area contributed by atoms with Crippen molar-refractivity contribution in [1.82, 2.24) is 0 Å². The van der Waals surface area contributed by atoms with Crippen molar-refractivity contribution in [2.75, 3.05) is 13.2 Å². The van der Waals surface area contributed by atoms with Gasteiger partial charge in [0, 0.05) is 18.9 Å². The molecule has 0 fully saturated rings. The highest BCUT2D eigenvalue weighted by Gasteiger charge is 2.50. The number of aliphatic hydroxyl groups is 1. The predicted octanol–water partition coefficient (Wildman–Crippen LogP) is 6.63. The molecule has 8 heteroatoms. The van der Waals surface area contributed by atoms with E-state index in [1.54, 1.807) is 20.8 Å². The Kier molecular flexibility index (Phi) is 20.9. The second-order valence-electron chi connectivity index (χ2n) is 9.68. The molecule has 1 aromatic carbocycles. The van der Waals surface area contributed by atoms with Gasteiger partial charge in [-0.25, -0.2) is 4.79 Å². The summed E-state index contributed by atoms with van der Waals surface area (Å²) in [4.78, 5) is 36.2. The van der Waals surface area contributed by atoms with Gasteiger partial charge >= 0.3 is 17.9 Å². The Hall–Kier alpha value is -3.18. The van der Waals surface area contributed by atoms with Crippen LogP contribution >= 0.6 is 0 Å². The molecule has 4 atom stereocenters. The first-order valence-corrected chi connectivity index (χ1v) is 11.5. The van der Waals surface area contributed by atoms with Gasteiger partial charge in [-0.15, -0.1) is 0 Å². The van der Waals surface area contributed by atoms with Gasteiger partial charge in [0.25, 0.3) is 0 Å². The zero-order valence-electron chi connectivity index (χ0n) is 21.5. The maximum absolute atomic E-state index is 13.0. The average molecular weight is 552 g/mol. The van der Waals surface area contributed by atoms with Gasteiger partial charge in [-0.05, 0) is 45.6 Å². The second-order valence-corrected chi connectivity index (χ2v) is 9.68. The van der Waals surface area contributed by atoms with Crippen molar-refractivity contribution < 1.29 is 33.7 Å². The van der Waals surface area contributed by atoms with Crippen molar-refractivity contribution in [1.29, 1.82) is 5.26 Å². The van der Waals surface area contributed by atoms with E-state index in [-0.39, 0.29) is 54.2 Å². The van der Waals surface area contributed by atoms with Crippen LogP contribution in [0.2, 0.25) is 0 Å². The maximum atomic E-state index is 13.0. The van der Waals surface area contributed by atoms with Crippen LogP contribution < -0.4 is 0 Å². The first-order chi connectivity index (χ1) is 16.2. The Morgan fingerprint density at radius 2 is 1.51 bits per heavy atom. The number of carbonyl (C=O) groups excluding carboxylic acids is 3. The summed E-state index contributed by atoms with van der Waals surface area (Å²) < 4.78 is 15.7. The zero-order valence-corrected chi connectivity index (χ0v) is 21.5. The van der Waals surface area contributed by atoms with Crippen molar-refractivity contribution in [3.8, 4) is 6.07 Å². The van der Waals surface area contributed by atoms with E-state index in [0.29, 0.717) is 6.42 Å². The molecule has 0 spiro atoms. The smallest absolute Gasteiger partial charge is 0.333 e. The normalized spacial score (nSPS) is 13.9. The molecule has 0 amide bonds. The first kappa shape index (κ1) is 42.9. The number of benzene rings is 1. The van der Waals surface area contributed by atoms with Crippen LogP contribution in [0.4, 0.5) is 0 Å². The summed E-state index contributed by atoms with van der Waals surface area (Å²) >= 11 is 0. The second kappa shape index (κ2) is 19.0. The van der Waals surface area contributed by atoms with Gasteiger partial charge < -0.3 is 19.3 Å². The lowest BCUT2D eigenvalue weighted by molar-refractivity contribution is -0.166. The highest BCUT2D eigenvalue weighted by molar-refractivity contribution is 5.86. The van der Waals surface area contributed by atoms with Crippen LogP contribution in [0, 0.1) is 22.2 Å². The predicted molar refractivity (Wildman–Crippen MR) is 157 cm³/mol. The molecule has 0 aliphatic rings. The molecule has 1 aromatic rings. The molecule has 0 aromatic heterocycles. The fourth-order valence-electron chi connectivity index (χ4n) is 3.54. The summed E-state index contributed by atoms with van der Waals surface area (Å²) in [5, 5.41) is 20.1. The molecule has 0 heterocycles. The van der Waals surface area contributed by atoms with E-state index in [0.717, 1.165) is 5.56 Å². The van der Waals surface area contributed by atoms with Gasteiger partial charge in [-0.1, -0.05) is 73.5 Å². The van der Waals surface area contributed by atoms with Crippen molar-refractivity contribution in [3.63, 3.8) is 0 Å². The summed E-state index contributed by atoms with van der Waals surface area (Å²) in [7, 11) is 0. The van der Waals surface area contributed by atoms with Gasteiger partial charge in [-0.3, -0.25) is 9.59 Å². The first-order valence-electron chi connectivity index (χ1n) is 11.5. The molecule has 39 heavy (non-hydrogen) atoms. The Labute approximate surface area is 237 Å². The lowest BCUT2D eigenvalue weighted by atomic mass is 9.64. The molecule has 1 N–H and O–H groups in total. The summed E-state index contributed by atoms with van der Waals surface area (Å²) in [6, 6.07) is 12.0. The van der Waals surface area contributed by atoms with Crippen LogP contribution in [0.15, 0.2) is 42.5 Å². The Bertz CT molecular complexity index is 936. The number of aliphatic hydroxyl groups excluding tert-OH is 1. The SMILES string of the molecule is C.C.C.C.C=C(C)C(=O)OCC(O)COC(=O)C(C)(C)C(C)(C#N)CC(CC(C)c1ccccc1)OC(C)=O. The van der Waals surface area contributed by atoms with E-state index < -0.39 is 47.6 Å². The Morgan fingerprint density at radius 1 is 1.00 bits per heavy atom. The molecular weight excluding hydrogens is 498 g/mol. The topological polar surface area (TPSA) is 123 Å². The molecule has 0 bridgehead atoms. The zero-order chi connectivity index (χ0) is 26.8. The summed E-state index contributed by atoms with van der Waals surface area (Å²) in [6.07, 6.45) is -1.25. The molecule has 4 unspecified atom stereocenters. The maximum Gasteiger partial charge on any atom is 0.333 e. The number of hydrogen-bond acceptors (Lipinski definition) is 8. The van der Waals surface area contributed by atoms with Gasteiger partial charge in [-0.2, -0.15) is 5.26 Å². The number of rotatable bonds is 13. The highest BCUT2D eigenvalue weighted by Crippen LogP contribution is 2.44. The molecule has 1 rings (SSSR count). The molecule has 0 aliphatic heterocycles. The van der Waals surface area contributed by atoms with Crippen LogP contribution in [0.5, 0.6) is 0 Å². The van der Waals surface area contributed by atoms with E-state index in [1.807, 2.05) is 37.3 Å². The lowest BCUT2D eigenvalue weighted by Gasteiger charge is -2.39. The summed E-state index contributed by atoms with van der Waals surface area (Å²) in [5.74, 6) is -1.78. The quantitative estimate of drug-likeness (QED) is 0.165. The molecule has 8 nitrogen and oxygen atoms in total. The molecule has 0 aliphatic carbocycles. The van der Waals surface area contributed by atoms with Gasteiger partial charge in [0.05, 0.1) is 16.9 Å². The average Bonchev–Trinajstić information content (AvgIpc) is 2.80. The van der Waals surface area contributed by atoms with Crippen LogP contribution in [0.25, 0.3) is 0 Å². The van der Waals surface area contributed by atoms with Crippen LogP contribution in [0.3, 0.4) is 0 Å². The van der Waals surface area contributed by atoms with Gasteiger partial charge in [0.1, 0.15) is 25.4 Å². The van der Waals surface area contributed by atoms with Crippen LogP contribution in [-0.4, -0.2) is 48.4 Å². The van der Waals surface area contributed by atoms with Gasteiger partial charge in [0.2, 0.25) is 0 Å². The summed E-state index contributed by atoms with van der Waals surface area (Å²) in [5.41, 5.74) is -1.30. The minimum atomic E-state index is -1.30. The van der Waals surface area contributed by atoms with Crippen LogP contribution in [0.1, 0.15) is 95.6 Å². The van der Waals surface area contributed by atoms with Gasteiger partial charge in [0.15, 0.2) is 0 Å². The van der Waals surface area contributed by atoms with Crippen molar-refractivity contribution in [2.45, 2.75) is 102 Å². The summed E-state index contributed by atoms with van der Waals surface area (Å²) in [6.45, 7) is 12.3. The molecule has 0 saturated heterocycles. The van der Waals surface area contributed by atoms with Crippen LogP contribution in [-0.2, 0) is 28.6 Å². The standard InChI is InChI=1S/C27H37NO7.4CH4/c1-18(2)24(31)33-15-22(30)16-34-25(32)26(5,6)27(7,17-28)14-23(35-20(4)29)13-19(3)21-11-9-8-10-12-21;;;;/h8-12,19,22-23,30H,1,13-16H2,2-7H3;4*1H4. The third-order valence-corrected chi connectivity index (χ3v) is 6.25. The van der Waals surface area contributed by atoms with E-state index in [9.17, 15) is 24.8 Å². The van der Waals surface area contributed by atoms with E-state index >= 15 is 0 Å². The molecule has 0 saturated carbocycles. The number of ether oxygens (including phenoxy) is 3. The third-order valence-electron chi connectivity index (χ3n) is 6.25. The van der Waals surface area contributed by atoms with E-state index in [2.05, 4.69) is 12.6 Å². The minimum absolute atomic E-state index is 0. The largest absolute Gasteiger partial charge is 0.462 e. The van der Waals surface area contributed by atoms with Crippen molar-refractivity contribution in [3.05, 3.63) is 48.0 Å². The fraction of sp³-hybridized carbons (Fsp3) is 0.613. The molecule has 224 valence electrons. The fourth-order valence-corrected chi connectivity index (χ4v) is 3.54.